The Morgan fingerprint density at radius 3 is 2.73 bits per heavy atom. The van der Waals surface area contributed by atoms with Crippen LogP contribution in [-0.2, 0) is 6.42 Å². The maximum atomic E-state index is 5.84. The molecule has 2 rings (SSSR count). The number of hydrogen-bond donors (Lipinski definition) is 1. The van der Waals surface area contributed by atoms with E-state index >= 15 is 0 Å². The third-order valence-corrected chi connectivity index (χ3v) is 3.45. The van der Waals surface area contributed by atoms with E-state index in [1.54, 1.807) is 0 Å². The summed E-state index contributed by atoms with van der Waals surface area (Å²) in [6.07, 6.45) is 3.41. The van der Waals surface area contributed by atoms with E-state index in [9.17, 15) is 0 Å². The van der Waals surface area contributed by atoms with Crippen molar-refractivity contribution in [2.24, 2.45) is 11.1 Å². The van der Waals surface area contributed by atoms with E-state index in [0.29, 0.717) is 6.54 Å². The lowest BCUT2D eigenvalue weighted by atomic mass is 9.81. The number of nitrogens with two attached hydrogens (primary N) is 1. The average molecular weight is 201 g/mol. The lowest BCUT2D eigenvalue weighted by molar-refractivity contribution is 0.516. The lowest BCUT2D eigenvalue weighted by Crippen LogP contribution is -2.24. The Kier molecular flexibility index (Phi) is 2.43. The van der Waals surface area contributed by atoms with Crippen molar-refractivity contribution in [3.05, 3.63) is 41.0 Å². The Balaban J connectivity index is 2.48. The summed E-state index contributed by atoms with van der Waals surface area (Å²) in [4.78, 5) is 0. The number of aryl methyl sites for hydroxylation is 1. The van der Waals surface area contributed by atoms with E-state index in [-0.39, 0.29) is 5.41 Å². The van der Waals surface area contributed by atoms with E-state index < -0.39 is 0 Å². The van der Waals surface area contributed by atoms with Gasteiger partial charge in [-0.15, -0.1) is 0 Å². The Bertz CT molecular complexity index is 413. The van der Waals surface area contributed by atoms with Gasteiger partial charge in [-0.2, -0.15) is 0 Å². The zero-order valence-electron chi connectivity index (χ0n) is 9.80. The summed E-state index contributed by atoms with van der Waals surface area (Å²) < 4.78 is 0. The summed E-state index contributed by atoms with van der Waals surface area (Å²) in [7, 11) is 0. The quantitative estimate of drug-likeness (QED) is 0.782. The van der Waals surface area contributed by atoms with Crippen LogP contribution in [0.2, 0.25) is 0 Å². The highest BCUT2D eigenvalue weighted by Crippen LogP contribution is 2.40. The van der Waals surface area contributed by atoms with Gasteiger partial charge in [-0.1, -0.05) is 38.1 Å². The fourth-order valence-corrected chi connectivity index (χ4v) is 2.29. The molecule has 0 spiro atoms. The van der Waals surface area contributed by atoms with Crippen LogP contribution in [-0.4, -0.2) is 6.54 Å². The van der Waals surface area contributed by atoms with Gasteiger partial charge in [0.15, 0.2) is 0 Å². The van der Waals surface area contributed by atoms with Crippen molar-refractivity contribution in [2.75, 3.05) is 6.54 Å². The second-order valence-corrected chi connectivity index (χ2v) is 5.01. The van der Waals surface area contributed by atoms with Gasteiger partial charge in [-0.3, -0.25) is 0 Å². The monoisotopic (exact) mass is 201 g/mol. The fraction of sp³-hybridized carbons (Fsp3) is 0.429. The van der Waals surface area contributed by atoms with Crippen molar-refractivity contribution < 1.29 is 0 Å². The van der Waals surface area contributed by atoms with Gasteiger partial charge in [0.2, 0.25) is 0 Å². The number of rotatable bonds is 2. The summed E-state index contributed by atoms with van der Waals surface area (Å²) in [6, 6.07) is 6.55. The van der Waals surface area contributed by atoms with E-state index in [1.165, 1.54) is 22.3 Å². The first kappa shape index (κ1) is 10.4. The minimum Gasteiger partial charge on any atom is -0.330 e. The van der Waals surface area contributed by atoms with Gasteiger partial charge in [0, 0.05) is 12.0 Å². The minimum absolute atomic E-state index is 0.0963. The van der Waals surface area contributed by atoms with Crippen molar-refractivity contribution in [2.45, 2.75) is 27.2 Å². The van der Waals surface area contributed by atoms with Gasteiger partial charge in [0.25, 0.3) is 0 Å². The largest absolute Gasteiger partial charge is 0.330 e. The number of allylic oxidation sites excluding steroid dienone is 1. The molecule has 0 bridgehead atoms. The summed E-state index contributed by atoms with van der Waals surface area (Å²) in [5.74, 6) is 0. The molecule has 1 nitrogen and oxygen atoms in total. The summed E-state index contributed by atoms with van der Waals surface area (Å²) in [5.41, 5.74) is 11.6. The SMILES string of the molecule is Cc1cccc2c1CC=C2C(C)(C)CN. The molecule has 15 heavy (non-hydrogen) atoms. The molecule has 0 radical (unpaired) electrons. The molecule has 1 aliphatic rings. The molecule has 0 saturated heterocycles. The predicted octanol–water partition coefficient (Wildman–Crippen LogP) is 2.92. The zero-order chi connectivity index (χ0) is 11.1. The van der Waals surface area contributed by atoms with Crippen molar-refractivity contribution >= 4 is 5.57 Å². The van der Waals surface area contributed by atoms with Crippen LogP contribution in [0, 0.1) is 12.3 Å². The first-order valence-corrected chi connectivity index (χ1v) is 5.56. The standard InChI is InChI=1S/C14H19N/c1-10-5-4-6-12-11(10)7-8-13(12)14(2,3)9-15/h4-6,8H,7,9,15H2,1-3H3. The first-order chi connectivity index (χ1) is 7.06. The molecule has 0 fully saturated rings. The minimum atomic E-state index is 0.0963. The molecule has 0 heterocycles. The summed E-state index contributed by atoms with van der Waals surface area (Å²) in [6.45, 7) is 7.32. The highest BCUT2D eigenvalue weighted by atomic mass is 14.6. The third kappa shape index (κ3) is 1.61. The van der Waals surface area contributed by atoms with Crippen LogP contribution in [0.3, 0.4) is 0 Å². The van der Waals surface area contributed by atoms with Gasteiger partial charge in [0.1, 0.15) is 0 Å². The Morgan fingerprint density at radius 2 is 2.07 bits per heavy atom. The molecule has 2 N–H and O–H groups in total. The van der Waals surface area contributed by atoms with Crippen molar-refractivity contribution in [1.82, 2.24) is 0 Å². The zero-order valence-corrected chi connectivity index (χ0v) is 9.80. The maximum Gasteiger partial charge on any atom is 0.00220 e. The lowest BCUT2D eigenvalue weighted by Gasteiger charge is -2.25. The normalized spacial score (nSPS) is 15.1. The Hall–Kier alpha value is -1.08. The molecule has 80 valence electrons. The van der Waals surface area contributed by atoms with E-state index in [1.807, 2.05) is 0 Å². The molecule has 0 saturated carbocycles. The highest BCUT2D eigenvalue weighted by Gasteiger charge is 2.27. The van der Waals surface area contributed by atoms with Crippen molar-refractivity contribution in [3.63, 3.8) is 0 Å². The van der Waals surface area contributed by atoms with E-state index in [2.05, 4.69) is 45.0 Å². The Morgan fingerprint density at radius 1 is 1.33 bits per heavy atom. The van der Waals surface area contributed by atoms with Crippen LogP contribution in [0.15, 0.2) is 24.3 Å². The van der Waals surface area contributed by atoms with Gasteiger partial charge < -0.3 is 5.73 Å². The topological polar surface area (TPSA) is 26.0 Å². The molecule has 1 aliphatic carbocycles. The molecule has 0 amide bonds. The van der Waals surface area contributed by atoms with Gasteiger partial charge in [0.05, 0.1) is 0 Å². The van der Waals surface area contributed by atoms with Gasteiger partial charge >= 0.3 is 0 Å². The number of benzene rings is 1. The van der Waals surface area contributed by atoms with Crippen molar-refractivity contribution in [3.8, 4) is 0 Å². The molecule has 0 atom stereocenters. The first-order valence-electron chi connectivity index (χ1n) is 5.56. The van der Waals surface area contributed by atoms with E-state index in [0.717, 1.165) is 6.42 Å². The van der Waals surface area contributed by atoms with Crippen LogP contribution in [0.4, 0.5) is 0 Å². The van der Waals surface area contributed by atoms with Crippen LogP contribution < -0.4 is 5.73 Å². The van der Waals surface area contributed by atoms with Crippen LogP contribution in [0.25, 0.3) is 5.57 Å². The highest BCUT2D eigenvalue weighted by molar-refractivity contribution is 5.77. The number of hydrogen-bond acceptors (Lipinski definition) is 1. The summed E-state index contributed by atoms with van der Waals surface area (Å²) in [5, 5.41) is 0. The maximum absolute atomic E-state index is 5.84. The molecule has 1 heteroatoms. The van der Waals surface area contributed by atoms with Crippen molar-refractivity contribution in [1.29, 1.82) is 0 Å². The molecular weight excluding hydrogens is 182 g/mol. The fourth-order valence-electron chi connectivity index (χ4n) is 2.29. The van der Waals surface area contributed by atoms with E-state index in [4.69, 9.17) is 5.73 Å². The number of fused-ring (bicyclic) bond motifs is 1. The Labute approximate surface area is 92.0 Å². The second-order valence-electron chi connectivity index (χ2n) is 5.01. The molecule has 0 aromatic heterocycles. The molecular formula is C14H19N. The predicted molar refractivity (Wildman–Crippen MR) is 65.7 cm³/mol. The van der Waals surface area contributed by atoms with Gasteiger partial charge in [-0.05, 0) is 35.6 Å². The second kappa shape index (κ2) is 3.49. The van der Waals surface area contributed by atoms with Gasteiger partial charge in [-0.25, -0.2) is 0 Å². The third-order valence-electron chi connectivity index (χ3n) is 3.45. The molecule has 1 aromatic carbocycles. The average Bonchev–Trinajstić information content (AvgIpc) is 2.63. The molecule has 1 aromatic rings. The van der Waals surface area contributed by atoms with Crippen LogP contribution in [0.1, 0.15) is 30.5 Å². The molecule has 0 aliphatic heterocycles. The van der Waals surface area contributed by atoms with Crippen LogP contribution in [0.5, 0.6) is 0 Å². The van der Waals surface area contributed by atoms with Crippen LogP contribution >= 0.6 is 0 Å². The summed E-state index contributed by atoms with van der Waals surface area (Å²) >= 11 is 0. The smallest absolute Gasteiger partial charge is 0.00220 e. The molecule has 0 unspecified atom stereocenters.